The van der Waals surface area contributed by atoms with Crippen LogP contribution in [0.5, 0.6) is 0 Å². The van der Waals surface area contributed by atoms with Crippen LogP contribution in [0.2, 0.25) is 0 Å². The van der Waals surface area contributed by atoms with Gasteiger partial charge in [0, 0.05) is 13.1 Å². The van der Waals surface area contributed by atoms with E-state index in [1.54, 1.807) is 0 Å². The van der Waals surface area contributed by atoms with Gasteiger partial charge in [-0.2, -0.15) is 4.98 Å². The molecule has 2 N–H and O–H groups in total. The van der Waals surface area contributed by atoms with E-state index in [4.69, 9.17) is 15.0 Å². The standard InChI is InChI=1S/C10H18N4O2.ClH/c1-2-8-6-14(3-4-15-8)7-9-12-10(5-11)16-13-9;/h8H,2-7,11H2,1H3;1H. The van der Waals surface area contributed by atoms with E-state index in [0.29, 0.717) is 30.9 Å². The molecule has 1 aromatic rings. The molecule has 0 radical (unpaired) electrons. The number of rotatable bonds is 4. The highest BCUT2D eigenvalue weighted by Crippen LogP contribution is 2.10. The first-order valence-electron chi connectivity index (χ1n) is 5.67. The predicted octanol–water partition coefficient (Wildman–Crippen LogP) is 0.561. The molecule has 98 valence electrons. The Morgan fingerprint density at radius 3 is 3.00 bits per heavy atom. The van der Waals surface area contributed by atoms with Crippen LogP contribution < -0.4 is 5.73 Å². The van der Waals surface area contributed by atoms with E-state index >= 15 is 0 Å². The summed E-state index contributed by atoms with van der Waals surface area (Å²) < 4.78 is 10.6. The predicted molar refractivity (Wildman–Crippen MR) is 64.7 cm³/mol. The van der Waals surface area contributed by atoms with Crippen LogP contribution in [-0.4, -0.2) is 40.8 Å². The molecule has 1 atom stereocenters. The number of nitrogens with two attached hydrogens (primary N) is 1. The maximum atomic E-state index is 5.60. The van der Waals surface area contributed by atoms with E-state index in [-0.39, 0.29) is 12.4 Å². The topological polar surface area (TPSA) is 77.4 Å². The zero-order valence-electron chi connectivity index (χ0n) is 9.96. The minimum Gasteiger partial charge on any atom is -0.376 e. The van der Waals surface area contributed by atoms with E-state index in [1.165, 1.54) is 0 Å². The fourth-order valence-electron chi connectivity index (χ4n) is 1.81. The second-order valence-electron chi connectivity index (χ2n) is 3.94. The molecule has 2 heterocycles. The Labute approximate surface area is 107 Å². The van der Waals surface area contributed by atoms with Gasteiger partial charge in [0.05, 0.1) is 25.8 Å². The summed E-state index contributed by atoms with van der Waals surface area (Å²) in [7, 11) is 0. The Balaban J connectivity index is 0.00000144. The summed E-state index contributed by atoms with van der Waals surface area (Å²) in [6.45, 7) is 5.78. The average Bonchev–Trinajstić information content (AvgIpc) is 2.77. The van der Waals surface area contributed by atoms with Crippen LogP contribution in [0, 0.1) is 0 Å². The van der Waals surface area contributed by atoms with Crippen LogP contribution in [0.4, 0.5) is 0 Å². The van der Waals surface area contributed by atoms with Crippen molar-refractivity contribution in [3.63, 3.8) is 0 Å². The third-order valence-corrected chi connectivity index (χ3v) is 2.73. The van der Waals surface area contributed by atoms with E-state index < -0.39 is 0 Å². The highest BCUT2D eigenvalue weighted by Gasteiger charge is 2.20. The first-order chi connectivity index (χ1) is 7.81. The first kappa shape index (κ1) is 14.4. The number of morpholine rings is 1. The van der Waals surface area contributed by atoms with Crippen LogP contribution >= 0.6 is 12.4 Å². The summed E-state index contributed by atoms with van der Waals surface area (Å²) >= 11 is 0. The molecule has 1 saturated heterocycles. The second kappa shape index (κ2) is 6.90. The van der Waals surface area contributed by atoms with Gasteiger partial charge >= 0.3 is 0 Å². The van der Waals surface area contributed by atoms with Crippen molar-refractivity contribution >= 4 is 12.4 Å². The molecule has 1 aliphatic heterocycles. The third kappa shape index (κ3) is 3.92. The van der Waals surface area contributed by atoms with Crippen molar-refractivity contribution in [1.82, 2.24) is 15.0 Å². The van der Waals surface area contributed by atoms with E-state index in [2.05, 4.69) is 22.0 Å². The molecule has 0 aliphatic carbocycles. The van der Waals surface area contributed by atoms with Gasteiger partial charge in [-0.25, -0.2) is 0 Å². The summed E-state index contributed by atoms with van der Waals surface area (Å²) in [6, 6.07) is 0. The molecule has 1 aliphatic rings. The van der Waals surface area contributed by atoms with Gasteiger partial charge in [0.1, 0.15) is 0 Å². The molecule has 0 saturated carbocycles. The van der Waals surface area contributed by atoms with Crippen LogP contribution in [-0.2, 0) is 17.8 Å². The van der Waals surface area contributed by atoms with E-state index in [9.17, 15) is 0 Å². The maximum absolute atomic E-state index is 5.60. The molecule has 0 bridgehead atoms. The van der Waals surface area contributed by atoms with Gasteiger partial charge in [0.25, 0.3) is 0 Å². The smallest absolute Gasteiger partial charge is 0.240 e. The Morgan fingerprint density at radius 2 is 2.35 bits per heavy atom. The average molecular weight is 263 g/mol. The van der Waals surface area contributed by atoms with Crippen molar-refractivity contribution in [1.29, 1.82) is 0 Å². The molecule has 7 heteroatoms. The highest BCUT2D eigenvalue weighted by atomic mass is 35.5. The van der Waals surface area contributed by atoms with Gasteiger partial charge < -0.3 is 15.0 Å². The highest BCUT2D eigenvalue weighted by molar-refractivity contribution is 5.85. The normalized spacial score (nSPS) is 21.2. The molecule has 1 fully saturated rings. The number of nitrogens with zero attached hydrogens (tertiary/aromatic N) is 3. The molecular weight excluding hydrogens is 244 g/mol. The van der Waals surface area contributed by atoms with Crippen molar-refractivity contribution in [2.24, 2.45) is 5.73 Å². The van der Waals surface area contributed by atoms with Gasteiger partial charge in [-0.3, -0.25) is 4.90 Å². The molecule has 0 aromatic carbocycles. The fraction of sp³-hybridized carbons (Fsp3) is 0.800. The Bertz CT molecular complexity index is 334. The largest absolute Gasteiger partial charge is 0.376 e. The molecular formula is C10H19ClN4O2. The lowest BCUT2D eigenvalue weighted by Gasteiger charge is -2.31. The maximum Gasteiger partial charge on any atom is 0.240 e. The summed E-state index contributed by atoms with van der Waals surface area (Å²) in [5, 5.41) is 3.88. The van der Waals surface area contributed by atoms with Crippen LogP contribution in [0.3, 0.4) is 0 Å². The quantitative estimate of drug-likeness (QED) is 0.854. The zero-order chi connectivity index (χ0) is 11.4. The van der Waals surface area contributed by atoms with Crippen LogP contribution in [0.1, 0.15) is 25.1 Å². The van der Waals surface area contributed by atoms with Gasteiger partial charge in [0.15, 0.2) is 5.82 Å². The van der Waals surface area contributed by atoms with Crippen molar-refractivity contribution in [2.75, 3.05) is 19.7 Å². The molecule has 6 nitrogen and oxygen atoms in total. The Kier molecular flexibility index (Phi) is 5.84. The van der Waals surface area contributed by atoms with Crippen molar-refractivity contribution in [2.45, 2.75) is 32.5 Å². The second-order valence-corrected chi connectivity index (χ2v) is 3.94. The third-order valence-electron chi connectivity index (χ3n) is 2.73. The molecule has 1 aromatic heterocycles. The molecule has 0 amide bonds. The summed E-state index contributed by atoms with van der Waals surface area (Å²) in [5.41, 5.74) is 5.41. The number of ether oxygens (including phenoxy) is 1. The van der Waals surface area contributed by atoms with Crippen molar-refractivity contribution in [3.8, 4) is 0 Å². The number of hydrogen-bond acceptors (Lipinski definition) is 6. The number of halogens is 1. The lowest BCUT2D eigenvalue weighted by Crippen LogP contribution is -2.41. The number of aromatic nitrogens is 2. The van der Waals surface area contributed by atoms with Crippen molar-refractivity contribution in [3.05, 3.63) is 11.7 Å². The van der Waals surface area contributed by atoms with E-state index in [1.807, 2.05) is 0 Å². The monoisotopic (exact) mass is 262 g/mol. The van der Waals surface area contributed by atoms with Gasteiger partial charge in [-0.1, -0.05) is 12.1 Å². The summed E-state index contributed by atoms with van der Waals surface area (Å²) in [6.07, 6.45) is 1.37. The SMILES string of the molecule is CCC1CN(Cc2noc(CN)n2)CCO1.Cl. The van der Waals surface area contributed by atoms with Gasteiger partial charge in [-0.05, 0) is 6.42 Å². The lowest BCUT2D eigenvalue weighted by atomic mass is 10.2. The van der Waals surface area contributed by atoms with Crippen LogP contribution in [0.15, 0.2) is 4.52 Å². The summed E-state index contributed by atoms with van der Waals surface area (Å²) in [5.74, 6) is 1.20. The van der Waals surface area contributed by atoms with E-state index in [0.717, 1.165) is 26.1 Å². The molecule has 1 unspecified atom stereocenters. The van der Waals surface area contributed by atoms with Gasteiger partial charge in [0.2, 0.25) is 5.89 Å². The number of hydrogen-bond donors (Lipinski definition) is 1. The van der Waals surface area contributed by atoms with Crippen LogP contribution in [0.25, 0.3) is 0 Å². The van der Waals surface area contributed by atoms with Crippen molar-refractivity contribution < 1.29 is 9.26 Å². The zero-order valence-corrected chi connectivity index (χ0v) is 10.8. The Hall–Kier alpha value is -0.690. The van der Waals surface area contributed by atoms with Gasteiger partial charge in [-0.15, -0.1) is 12.4 Å². The molecule has 17 heavy (non-hydrogen) atoms. The minimum absolute atomic E-state index is 0. The minimum atomic E-state index is 0. The first-order valence-corrected chi connectivity index (χ1v) is 5.67. The molecule has 0 spiro atoms. The Morgan fingerprint density at radius 1 is 1.53 bits per heavy atom. The lowest BCUT2D eigenvalue weighted by molar-refractivity contribution is -0.0333. The summed E-state index contributed by atoms with van der Waals surface area (Å²) in [4.78, 5) is 6.47. The molecule has 2 rings (SSSR count). The fourth-order valence-corrected chi connectivity index (χ4v) is 1.81.